The highest BCUT2D eigenvalue weighted by atomic mass is 16.5. The second-order valence-electron chi connectivity index (χ2n) is 4.61. The SMILES string of the molecule is C=COCC1c2ccccc2C2C=CC=C[C@@H]21. The van der Waals surface area contributed by atoms with E-state index in [0.29, 0.717) is 17.8 Å². The molecular weight excluding hydrogens is 208 g/mol. The molecule has 0 radical (unpaired) electrons. The molecule has 1 aromatic carbocycles. The van der Waals surface area contributed by atoms with Gasteiger partial charge in [-0.3, -0.25) is 0 Å². The fourth-order valence-electron chi connectivity index (χ4n) is 3.05. The highest BCUT2D eigenvalue weighted by Crippen LogP contribution is 2.49. The molecule has 0 aliphatic heterocycles. The number of hydrogen-bond acceptors (Lipinski definition) is 1. The molecular formula is C16H16O. The van der Waals surface area contributed by atoms with Crippen LogP contribution in [0, 0.1) is 5.92 Å². The van der Waals surface area contributed by atoms with Crippen LogP contribution in [-0.2, 0) is 4.74 Å². The van der Waals surface area contributed by atoms with Gasteiger partial charge in [0, 0.05) is 11.8 Å². The summed E-state index contributed by atoms with van der Waals surface area (Å²) in [5.74, 6) is 1.52. The van der Waals surface area contributed by atoms with Crippen molar-refractivity contribution in [1.82, 2.24) is 0 Å². The van der Waals surface area contributed by atoms with Crippen LogP contribution >= 0.6 is 0 Å². The quantitative estimate of drug-likeness (QED) is 0.710. The first-order valence-electron chi connectivity index (χ1n) is 6.08. The third-order valence-corrected chi connectivity index (χ3v) is 3.79. The van der Waals surface area contributed by atoms with Gasteiger partial charge in [0.25, 0.3) is 0 Å². The third kappa shape index (κ3) is 1.62. The summed E-state index contributed by atoms with van der Waals surface area (Å²) >= 11 is 0. The maximum absolute atomic E-state index is 5.43. The number of fused-ring (bicyclic) bond motifs is 3. The molecule has 0 spiro atoms. The molecule has 0 bridgehead atoms. The zero-order valence-electron chi connectivity index (χ0n) is 9.75. The minimum absolute atomic E-state index is 0.454. The Morgan fingerprint density at radius 1 is 1.12 bits per heavy atom. The molecule has 0 aromatic heterocycles. The van der Waals surface area contributed by atoms with Crippen molar-refractivity contribution in [3.05, 3.63) is 72.5 Å². The summed E-state index contributed by atoms with van der Waals surface area (Å²) in [6.45, 7) is 4.35. The normalized spacial score (nSPS) is 28.6. The minimum atomic E-state index is 0.454. The summed E-state index contributed by atoms with van der Waals surface area (Å²) < 4.78 is 5.43. The van der Waals surface area contributed by atoms with Crippen molar-refractivity contribution >= 4 is 0 Å². The molecule has 2 unspecified atom stereocenters. The molecule has 0 fully saturated rings. The number of hydrogen-bond donors (Lipinski definition) is 0. The molecule has 0 heterocycles. The van der Waals surface area contributed by atoms with E-state index in [1.54, 1.807) is 6.26 Å². The van der Waals surface area contributed by atoms with Crippen LogP contribution in [0.15, 0.2) is 61.4 Å². The van der Waals surface area contributed by atoms with Gasteiger partial charge in [-0.05, 0) is 17.0 Å². The molecule has 1 heteroatoms. The topological polar surface area (TPSA) is 9.23 Å². The number of ether oxygens (including phenoxy) is 1. The second-order valence-corrected chi connectivity index (χ2v) is 4.61. The average molecular weight is 224 g/mol. The Bertz CT molecular complexity index is 484. The zero-order chi connectivity index (χ0) is 11.7. The average Bonchev–Trinajstić information content (AvgIpc) is 2.71. The van der Waals surface area contributed by atoms with E-state index in [1.165, 1.54) is 11.1 Å². The van der Waals surface area contributed by atoms with Gasteiger partial charge >= 0.3 is 0 Å². The van der Waals surface area contributed by atoms with Crippen molar-refractivity contribution in [3.63, 3.8) is 0 Å². The Morgan fingerprint density at radius 3 is 2.71 bits per heavy atom. The Morgan fingerprint density at radius 2 is 1.88 bits per heavy atom. The monoisotopic (exact) mass is 224 g/mol. The standard InChI is InChI=1S/C16H16O/c1-2-17-11-16-14-9-5-3-7-12(14)13-8-4-6-10-15(13)16/h2-10,12,14,16H,1,11H2/t12?,14-,16?/m0/s1. The zero-order valence-corrected chi connectivity index (χ0v) is 9.75. The van der Waals surface area contributed by atoms with E-state index in [-0.39, 0.29) is 0 Å². The van der Waals surface area contributed by atoms with E-state index in [1.807, 2.05) is 0 Å². The van der Waals surface area contributed by atoms with Crippen LogP contribution in [0.2, 0.25) is 0 Å². The van der Waals surface area contributed by atoms with E-state index in [0.717, 1.165) is 6.61 Å². The number of benzene rings is 1. The molecule has 1 nitrogen and oxygen atoms in total. The van der Waals surface area contributed by atoms with Crippen LogP contribution in [-0.4, -0.2) is 6.61 Å². The smallest absolute Gasteiger partial charge is 0.0947 e. The van der Waals surface area contributed by atoms with E-state index < -0.39 is 0 Å². The van der Waals surface area contributed by atoms with Crippen molar-refractivity contribution in [2.24, 2.45) is 5.92 Å². The van der Waals surface area contributed by atoms with Gasteiger partial charge in [-0.25, -0.2) is 0 Å². The molecule has 17 heavy (non-hydrogen) atoms. The highest BCUT2D eigenvalue weighted by molar-refractivity contribution is 5.46. The number of allylic oxidation sites excluding steroid dienone is 4. The van der Waals surface area contributed by atoms with Gasteiger partial charge in [0.1, 0.15) is 0 Å². The Balaban J connectivity index is 2.00. The maximum Gasteiger partial charge on any atom is 0.0947 e. The first kappa shape index (κ1) is 10.4. The number of rotatable bonds is 3. The lowest BCUT2D eigenvalue weighted by atomic mass is 9.84. The lowest BCUT2D eigenvalue weighted by Crippen LogP contribution is -2.14. The Hall–Kier alpha value is -1.76. The van der Waals surface area contributed by atoms with Gasteiger partial charge in [-0.15, -0.1) is 0 Å². The largest absolute Gasteiger partial charge is 0.501 e. The lowest BCUT2D eigenvalue weighted by molar-refractivity contribution is 0.211. The van der Waals surface area contributed by atoms with Crippen molar-refractivity contribution in [2.75, 3.05) is 6.61 Å². The van der Waals surface area contributed by atoms with Gasteiger partial charge in [-0.2, -0.15) is 0 Å². The van der Waals surface area contributed by atoms with Gasteiger partial charge in [0.15, 0.2) is 0 Å². The van der Waals surface area contributed by atoms with Gasteiger partial charge < -0.3 is 4.74 Å². The highest BCUT2D eigenvalue weighted by Gasteiger charge is 2.38. The molecule has 86 valence electrons. The predicted molar refractivity (Wildman–Crippen MR) is 69.8 cm³/mol. The molecule has 3 atom stereocenters. The van der Waals surface area contributed by atoms with Crippen molar-refractivity contribution in [2.45, 2.75) is 11.8 Å². The van der Waals surface area contributed by atoms with Gasteiger partial charge in [0.05, 0.1) is 12.9 Å². The fraction of sp³-hybridized carbons (Fsp3) is 0.250. The summed E-state index contributed by atoms with van der Waals surface area (Å²) in [5, 5.41) is 0. The molecule has 3 rings (SSSR count). The molecule has 1 aromatic rings. The van der Waals surface area contributed by atoms with Crippen LogP contribution in [0.3, 0.4) is 0 Å². The van der Waals surface area contributed by atoms with E-state index in [4.69, 9.17) is 4.74 Å². The molecule has 2 aliphatic rings. The maximum atomic E-state index is 5.43. The van der Waals surface area contributed by atoms with Crippen LogP contribution in [0.4, 0.5) is 0 Å². The minimum Gasteiger partial charge on any atom is -0.501 e. The summed E-state index contributed by atoms with van der Waals surface area (Å²) in [5.41, 5.74) is 2.89. The first-order valence-corrected chi connectivity index (χ1v) is 6.08. The molecule has 0 saturated carbocycles. The van der Waals surface area contributed by atoms with Gasteiger partial charge in [0.2, 0.25) is 0 Å². The third-order valence-electron chi connectivity index (χ3n) is 3.79. The lowest BCUT2D eigenvalue weighted by Gasteiger charge is -2.22. The van der Waals surface area contributed by atoms with E-state index >= 15 is 0 Å². The van der Waals surface area contributed by atoms with Crippen molar-refractivity contribution in [1.29, 1.82) is 0 Å². The van der Waals surface area contributed by atoms with E-state index in [2.05, 4.69) is 55.1 Å². The molecule has 0 amide bonds. The molecule has 2 aliphatic carbocycles. The fourth-order valence-corrected chi connectivity index (χ4v) is 3.05. The predicted octanol–water partition coefficient (Wildman–Crippen LogP) is 3.77. The summed E-state index contributed by atoms with van der Waals surface area (Å²) in [6, 6.07) is 8.71. The second kappa shape index (κ2) is 4.25. The van der Waals surface area contributed by atoms with Gasteiger partial charge in [-0.1, -0.05) is 55.1 Å². The van der Waals surface area contributed by atoms with Crippen molar-refractivity contribution in [3.8, 4) is 0 Å². The summed E-state index contributed by atoms with van der Waals surface area (Å²) in [4.78, 5) is 0. The van der Waals surface area contributed by atoms with Crippen LogP contribution < -0.4 is 0 Å². The Kier molecular flexibility index (Phi) is 2.60. The molecule has 0 N–H and O–H groups in total. The van der Waals surface area contributed by atoms with Crippen molar-refractivity contribution < 1.29 is 4.74 Å². The summed E-state index contributed by atoms with van der Waals surface area (Å²) in [6.07, 6.45) is 10.4. The first-order chi connectivity index (χ1) is 8.42. The van der Waals surface area contributed by atoms with Crippen LogP contribution in [0.5, 0.6) is 0 Å². The summed E-state index contributed by atoms with van der Waals surface area (Å²) in [7, 11) is 0. The molecule has 0 saturated heterocycles. The van der Waals surface area contributed by atoms with Crippen LogP contribution in [0.1, 0.15) is 23.0 Å². The Labute approximate surface area is 102 Å². The van der Waals surface area contributed by atoms with E-state index in [9.17, 15) is 0 Å². The van der Waals surface area contributed by atoms with Crippen LogP contribution in [0.25, 0.3) is 0 Å².